The Bertz CT molecular complexity index is 412. The maximum atomic E-state index is 5.98. The summed E-state index contributed by atoms with van der Waals surface area (Å²) in [4.78, 5) is 8.14. The van der Waals surface area contributed by atoms with Gasteiger partial charge in [-0.25, -0.2) is 0 Å². The molecule has 2 atom stereocenters. The van der Waals surface area contributed by atoms with Crippen LogP contribution in [0.25, 0.3) is 0 Å². The van der Waals surface area contributed by atoms with E-state index in [1.165, 1.54) is 25.6 Å². The summed E-state index contributed by atoms with van der Waals surface area (Å²) >= 11 is 0. The number of hydrogen-bond acceptors (Lipinski definition) is 5. The van der Waals surface area contributed by atoms with Crippen LogP contribution in [0.5, 0.6) is 11.8 Å². The minimum atomic E-state index is 0.213. The minimum Gasteiger partial charge on any atom is -0.476 e. The third-order valence-electron chi connectivity index (χ3n) is 3.68. The second-order valence-electron chi connectivity index (χ2n) is 5.01. The lowest BCUT2D eigenvalue weighted by molar-refractivity contribution is 0.117. The summed E-state index contributed by atoms with van der Waals surface area (Å²) in [6, 6.07) is 0. The van der Waals surface area contributed by atoms with Crippen molar-refractivity contribution < 1.29 is 9.47 Å². The Kier molecular flexibility index (Phi) is 4.82. The van der Waals surface area contributed by atoms with E-state index >= 15 is 0 Å². The zero-order valence-electron chi connectivity index (χ0n) is 11.8. The van der Waals surface area contributed by atoms with Crippen LogP contribution >= 0.6 is 0 Å². The fraction of sp³-hybridized carbons (Fsp3) is 0.714. The Hall–Kier alpha value is -1.52. The van der Waals surface area contributed by atoms with Crippen molar-refractivity contribution in [3.8, 4) is 11.8 Å². The number of rotatable bonds is 5. The van der Waals surface area contributed by atoms with Crippen molar-refractivity contribution in [1.82, 2.24) is 9.97 Å². The number of nitrogen functional groups attached to an aromatic ring is 1. The quantitative estimate of drug-likeness (QED) is 0.886. The smallest absolute Gasteiger partial charge is 0.244 e. The maximum absolute atomic E-state index is 5.98. The van der Waals surface area contributed by atoms with Gasteiger partial charge in [0.15, 0.2) is 5.69 Å². The monoisotopic (exact) mass is 265 g/mol. The zero-order valence-corrected chi connectivity index (χ0v) is 11.8. The number of ether oxygens (including phenoxy) is 2. The van der Waals surface area contributed by atoms with Gasteiger partial charge in [0.05, 0.1) is 6.61 Å². The molecule has 0 saturated heterocycles. The third kappa shape index (κ3) is 3.49. The molecule has 0 spiro atoms. The second kappa shape index (κ2) is 6.59. The Morgan fingerprint density at radius 3 is 2.79 bits per heavy atom. The van der Waals surface area contributed by atoms with Crippen molar-refractivity contribution in [1.29, 1.82) is 0 Å². The highest BCUT2D eigenvalue weighted by Gasteiger charge is 2.23. The first-order chi connectivity index (χ1) is 9.24. The molecule has 1 aromatic heterocycles. The van der Waals surface area contributed by atoms with Crippen LogP contribution in [0.3, 0.4) is 0 Å². The number of hydrogen-bond donors (Lipinski definition) is 1. The molecule has 1 aliphatic rings. The van der Waals surface area contributed by atoms with E-state index in [4.69, 9.17) is 15.2 Å². The van der Waals surface area contributed by atoms with Crippen LogP contribution in [0.15, 0.2) is 6.33 Å². The molecular weight excluding hydrogens is 242 g/mol. The summed E-state index contributed by atoms with van der Waals surface area (Å²) < 4.78 is 11.3. The van der Waals surface area contributed by atoms with Crippen molar-refractivity contribution in [2.45, 2.75) is 52.1 Å². The van der Waals surface area contributed by atoms with Crippen molar-refractivity contribution >= 4 is 5.69 Å². The molecule has 0 aliphatic heterocycles. The molecule has 0 amide bonds. The Labute approximate surface area is 114 Å². The van der Waals surface area contributed by atoms with E-state index in [1.807, 2.05) is 6.92 Å². The van der Waals surface area contributed by atoms with Crippen LogP contribution in [-0.4, -0.2) is 22.7 Å². The van der Waals surface area contributed by atoms with Gasteiger partial charge in [-0.2, -0.15) is 9.97 Å². The van der Waals surface area contributed by atoms with Gasteiger partial charge in [-0.3, -0.25) is 0 Å². The molecule has 0 bridgehead atoms. The van der Waals surface area contributed by atoms with Gasteiger partial charge < -0.3 is 15.2 Å². The van der Waals surface area contributed by atoms with Gasteiger partial charge >= 0.3 is 0 Å². The SMILES string of the molecule is CCOc1ncnc(OC2CCCC(CC)C2)c1N. The first kappa shape index (κ1) is 13.9. The second-order valence-corrected chi connectivity index (χ2v) is 5.01. The molecule has 19 heavy (non-hydrogen) atoms. The normalized spacial score (nSPS) is 23.1. The van der Waals surface area contributed by atoms with Crippen LogP contribution in [0.1, 0.15) is 46.0 Å². The molecule has 1 aromatic rings. The van der Waals surface area contributed by atoms with Crippen LogP contribution < -0.4 is 15.2 Å². The summed E-state index contributed by atoms with van der Waals surface area (Å²) in [5.74, 6) is 1.63. The molecule has 1 aliphatic carbocycles. The zero-order chi connectivity index (χ0) is 13.7. The average Bonchev–Trinajstić information content (AvgIpc) is 2.44. The third-order valence-corrected chi connectivity index (χ3v) is 3.68. The fourth-order valence-electron chi connectivity index (χ4n) is 2.59. The molecule has 1 fully saturated rings. The highest BCUT2D eigenvalue weighted by Crippen LogP contribution is 2.32. The lowest BCUT2D eigenvalue weighted by Crippen LogP contribution is -2.26. The number of anilines is 1. The summed E-state index contributed by atoms with van der Waals surface area (Å²) in [7, 11) is 0. The Morgan fingerprint density at radius 2 is 2.05 bits per heavy atom. The molecule has 0 aromatic carbocycles. The van der Waals surface area contributed by atoms with E-state index in [9.17, 15) is 0 Å². The minimum absolute atomic E-state index is 0.213. The molecular formula is C14H23N3O2. The van der Waals surface area contributed by atoms with Gasteiger partial charge in [-0.05, 0) is 32.1 Å². The summed E-state index contributed by atoms with van der Waals surface area (Å²) in [6.45, 7) is 4.66. The average molecular weight is 265 g/mol. The van der Waals surface area contributed by atoms with Gasteiger partial charge in [-0.15, -0.1) is 0 Å². The van der Waals surface area contributed by atoms with Crippen LogP contribution in [-0.2, 0) is 0 Å². The lowest BCUT2D eigenvalue weighted by Gasteiger charge is -2.28. The van der Waals surface area contributed by atoms with Crippen molar-refractivity contribution in [3.63, 3.8) is 0 Å². The van der Waals surface area contributed by atoms with Crippen LogP contribution in [0.4, 0.5) is 5.69 Å². The molecule has 2 N–H and O–H groups in total. The van der Waals surface area contributed by atoms with Crippen molar-refractivity contribution in [2.24, 2.45) is 5.92 Å². The fourth-order valence-corrected chi connectivity index (χ4v) is 2.59. The molecule has 2 unspecified atom stereocenters. The first-order valence-electron chi connectivity index (χ1n) is 7.14. The summed E-state index contributed by atoms with van der Waals surface area (Å²) in [5, 5.41) is 0. The van der Waals surface area contributed by atoms with Crippen LogP contribution in [0.2, 0.25) is 0 Å². The van der Waals surface area contributed by atoms with Gasteiger partial charge in [0, 0.05) is 0 Å². The predicted octanol–water partition coefficient (Wildman–Crippen LogP) is 2.81. The van der Waals surface area contributed by atoms with Crippen LogP contribution in [0, 0.1) is 5.92 Å². The predicted molar refractivity (Wildman–Crippen MR) is 74.3 cm³/mol. The standard InChI is InChI=1S/C14H23N3O2/c1-3-10-6-5-7-11(8-10)19-14-12(15)13(18-4-2)16-9-17-14/h9-11H,3-8,15H2,1-2H3. The van der Waals surface area contributed by atoms with E-state index in [0.29, 0.717) is 24.1 Å². The maximum Gasteiger partial charge on any atom is 0.244 e. The molecule has 1 heterocycles. The number of nitrogens with zero attached hydrogens (tertiary/aromatic N) is 2. The molecule has 5 heteroatoms. The number of aromatic nitrogens is 2. The largest absolute Gasteiger partial charge is 0.476 e. The van der Waals surface area contributed by atoms with E-state index < -0.39 is 0 Å². The Morgan fingerprint density at radius 1 is 1.26 bits per heavy atom. The molecule has 0 radical (unpaired) electrons. The summed E-state index contributed by atoms with van der Waals surface area (Å²) in [5.41, 5.74) is 6.38. The van der Waals surface area contributed by atoms with E-state index in [0.717, 1.165) is 18.8 Å². The lowest BCUT2D eigenvalue weighted by atomic mass is 9.85. The molecule has 5 nitrogen and oxygen atoms in total. The Balaban J connectivity index is 2.04. The van der Waals surface area contributed by atoms with E-state index in [2.05, 4.69) is 16.9 Å². The highest BCUT2D eigenvalue weighted by molar-refractivity contribution is 5.55. The first-order valence-corrected chi connectivity index (χ1v) is 7.14. The van der Waals surface area contributed by atoms with Gasteiger partial charge in [0.1, 0.15) is 12.4 Å². The molecule has 106 valence electrons. The molecule has 2 rings (SSSR count). The highest BCUT2D eigenvalue weighted by atomic mass is 16.5. The topological polar surface area (TPSA) is 70.3 Å². The van der Waals surface area contributed by atoms with E-state index in [1.54, 1.807) is 0 Å². The summed E-state index contributed by atoms with van der Waals surface area (Å²) in [6.07, 6.45) is 7.55. The van der Waals surface area contributed by atoms with Crippen molar-refractivity contribution in [3.05, 3.63) is 6.33 Å². The van der Waals surface area contributed by atoms with Gasteiger partial charge in [0.25, 0.3) is 0 Å². The van der Waals surface area contributed by atoms with Crippen molar-refractivity contribution in [2.75, 3.05) is 12.3 Å². The van der Waals surface area contributed by atoms with E-state index in [-0.39, 0.29) is 6.10 Å². The number of nitrogens with two attached hydrogens (primary N) is 1. The van der Waals surface area contributed by atoms with Gasteiger partial charge in [-0.1, -0.05) is 19.8 Å². The molecule has 1 saturated carbocycles. The van der Waals surface area contributed by atoms with Gasteiger partial charge in [0.2, 0.25) is 11.8 Å².